The van der Waals surface area contributed by atoms with Crippen molar-refractivity contribution < 1.29 is 33.8 Å². The molecule has 4 aliphatic heterocycles. The van der Waals surface area contributed by atoms with E-state index >= 15 is 0 Å². The number of ether oxygens (including phenoxy) is 2. The van der Waals surface area contributed by atoms with Crippen molar-refractivity contribution in [2.75, 3.05) is 19.7 Å². The van der Waals surface area contributed by atoms with Crippen LogP contribution in [0, 0.1) is 11.8 Å². The lowest BCUT2D eigenvalue weighted by molar-refractivity contribution is -0.161. The molecule has 7 atom stereocenters. The number of benzene rings is 1. The number of carbonyl (C=O) groups is 4. The van der Waals surface area contributed by atoms with Crippen molar-refractivity contribution in [3.05, 3.63) is 60.2 Å². The summed E-state index contributed by atoms with van der Waals surface area (Å²) in [7, 11) is 0. The van der Waals surface area contributed by atoms with Gasteiger partial charge in [0.2, 0.25) is 17.7 Å². The molecular formula is C32H41N3O7. The van der Waals surface area contributed by atoms with Crippen molar-refractivity contribution in [1.29, 1.82) is 0 Å². The minimum Gasteiger partial charge on any atom is -0.455 e. The largest absolute Gasteiger partial charge is 0.455 e. The number of esters is 1. The fourth-order valence-corrected chi connectivity index (χ4v) is 6.76. The topological polar surface area (TPSA) is 125 Å². The highest BCUT2D eigenvalue weighted by Gasteiger charge is 2.72. The Morgan fingerprint density at radius 2 is 1.83 bits per heavy atom. The highest BCUT2D eigenvalue weighted by molar-refractivity contribution is 5.99. The molecule has 2 fully saturated rings. The van der Waals surface area contributed by atoms with Crippen LogP contribution >= 0.6 is 0 Å². The van der Waals surface area contributed by atoms with Gasteiger partial charge in [-0.2, -0.15) is 0 Å². The predicted octanol–water partition coefficient (Wildman–Crippen LogP) is 2.29. The predicted molar refractivity (Wildman–Crippen MR) is 154 cm³/mol. The second kappa shape index (κ2) is 11.6. The number of likely N-dealkylation sites (tertiary alicyclic amines) is 1. The smallest absolute Gasteiger partial charge is 0.313 e. The molecule has 4 aliphatic rings. The van der Waals surface area contributed by atoms with Crippen LogP contribution in [0.5, 0.6) is 0 Å². The zero-order chi connectivity index (χ0) is 30.2. The van der Waals surface area contributed by atoms with Crippen molar-refractivity contribution in [3.8, 4) is 0 Å². The standard InChI is InChI=1S/C32H41N3O7/c1-5-21(19-36)35-27-29(39)34(31(2,3)4)17-11-16-32(27)26(28(35)38)25-22(42-32)14-9-10-15-24(37)33-18-23(41-30(25)40)20-12-7-6-8-13-20/h6-9,11-14,16,21-23,25-27,36H,5,10,15,17-19H2,1-4H3,(H,33,37)/b14-9-/t21-,22+,23-,25-,26-,27+,32-/m0/s1. The van der Waals surface area contributed by atoms with E-state index in [-0.39, 0.29) is 31.4 Å². The van der Waals surface area contributed by atoms with Gasteiger partial charge in [-0.1, -0.05) is 61.6 Å². The molecule has 1 spiro atoms. The summed E-state index contributed by atoms with van der Waals surface area (Å²) < 4.78 is 12.8. The van der Waals surface area contributed by atoms with Gasteiger partial charge >= 0.3 is 5.97 Å². The summed E-state index contributed by atoms with van der Waals surface area (Å²) in [6.07, 6.45) is 6.54. The van der Waals surface area contributed by atoms with Gasteiger partial charge in [0, 0.05) is 18.5 Å². The molecule has 5 rings (SSSR count). The summed E-state index contributed by atoms with van der Waals surface area (Å²) in [5.41, 5.74) is -1.28. The third kappa shape index (κ3) is 5.15. The SMILES string of the molecule is CC[C@@H](CO)N1C(=O)[C@@H]2[C@H]3C(=O)O[C@H](c4ccccc4)CNC(=O)CC/C=C\[C@H]3O[C@@]23C=CCN(C(C)(C)C)C(=O)[C@@H]13. The van der Waals surface area contributed by atoms with Gasteiger partial charge < -0.3 is 29.7 Å². The first-order chi connectivity index (χ1) is 20.0. The molecule has 4 heterocycles. The van der Waals surface area contributed by atoms with E-state index in [1.54, 1.807) is 23.1 Å². The van der Waals surface area contributed by atoms with Crippen LogP contribution in [0.1, 0.15) is 58.6 Å². The van der Waals surface area contributed by atoms with E-state index < -0.39 is 59.1 Å². The Morgan fingerprint density at radius 3 is 2.50 bits per heavy atom. The Balaban J connectivity index is 1.62. The van der Waals surface area contributed by atoms with Crippen molar-refractivity contribution in [1.82, 2.24) is 15.1 Å². The molecule has 0 aromatic heterocycles. The minimum absolute atomic E-state index is 0.0798. The quantitative estimate of drug-likeness (QED) is 0.414. The fraction of sp³-hybridized carbons (Fsp3) is 0.562. The average molecular weight is 580 g/mol. The Kier molecular flexibility index (Phi) is 8.31. The monoisotopic (exact) mass is 579 g/mol. The van der Waals surface area contributed by atoms with E-state index in [1.165, 1.54) is 4.90 Å². The third-order valence-corrected chi connectivity index (χ3v) is 8.87. The van der Waals surface area contributed by atoms with Crippen LogP contribution < -0.4 is 5.32 Å². The van der Waals surface area contributed by atoms with Crippen LogP contribution in [0.2, 0.25) is 0 Å². The maximum Gasteiger partial charge on any atom is 0.313 e. The number of hydrogen-bond donors (Lipinski definition) is 2. The number of amides is 3. The zero-order valence-corrected chi connectivity index (χ0v) is 24.7. The number of hydrogen-bond acceptors (Lipinski definition) is 7. The molecule has 3 amide bonds. The van der Waals surface area contributed by atoms with Crippen molar-refractivity contribution in [2.45, 2.75) is 82.4 Å². The molecule has 0 unspecified atom stereocenters. The van der Waals surface area contributed by atoms with Crippen LogP contribution in [0.3, 0.4) is 0 Å². The van der Waals surface area contributed by atoms with Gasteiger partial charge in [0.05, 0.1) is 31.2 Å². The van der Waals surface area contributed by atoms with E-state index in [0.29, 0.717) is 24.9 Å². The van der Waals surface area contributed by atoms with Gasteiger partial charge in [0.1, 0.15) is 23.7 Å². The number of fused-ring (bicyclic) bond motifs is 2. The molecule has 10 nitrogen and oxygen atoms in total. The minimum atomic E-state index is -1.44. The third-order valence-electron chi connectivity index (χ3n) is 8.87. The van der Waals surface area contributed by atoms with E-state index in [9.17, 15) is 24.3 Å². The lowest BCUT2D eigenvalue weighted by Gasteiger charge is -2.42. The van der Waals surface area contributed by atoms with Gasteiger partial charge in [0.15, 0.2) is 0 Å². The second-order valence-corrected chi connectivity index (χ2v) is 12.5. The van der Waals surface area contributed by atoms with Crippen molar-refractivity contribution in [3.63, 3.8) is 0 Å². The van der Waals surface area contributed by atoms with Gasteiger partial charge in [-0.25, -0.2) is 0 Å². The molecular weight excluding hydrogens is 538 g/mol. The molecule has 0 bridgehead atoms. The molecule has 10 heteroatoms. The molecule has 226 valence electrons. The highest BCUT2D eigenvalue weighted by atomic mass is 16.6. The normalized spacial score (nSPS) is 33.4. The number of carbonyl (C=O) groups excluding carboxylic acids is 4. The number of rotatable bonds is 4. The van der Waals surface area contributed by atoms with E-state index in [4.69, 9.17) is 9.47 Å². The number of aliphatic hydroxyl groups excluding tert-OH is 1. The van der Waals surface area contributed by atoms with Gasteiger partial charge in [0.25, 0.3) is 0 Å². The number of nitrogens with zero attached hydrogens (tertiary/aromatic N) is 2. The zero-order valence-electron chi connectivity index (χ0n) is 24.7. The van der Waals surface area contributed by atoms with E-state index in [2.05, 4.69) is 5.32 Å². The summed E-state index contributed by atoms with van der Waals surface area (Å²) >= 11 is 0. The van der Waals surface area contributed by atoms with Crippen molar-refractivity contribution >= 4 is 23.7 Å². The summed E-state index contributed by atoms with van der Waals surface area (Å²) in [5, 5.41) is 13.2. The van der Waals surface area contributed by atoms with Crippen LogP contribution in [-0.4, -0.2) is 87.6 Å². The van der Waals surface area contributed by atoms with E-state index in [1.807, 2.05) is 64.1 Å². The summed E-state index contributed by atoms with van der Waals surface area (Å²) in [5.74, 6) is -3.60. The summed E-state index contributed by atoms with van der Waals surface area (Å²) in [6, 6.07) is 7.44. The number of nitrogens with one attached hydrogen (secondary N) is 1. The molecule has 0 radical (unpaired) electrons. The first kappa shape index (κ1) is 30.0. The maximum atomic E-state index is 14.4. The second-order valence-electron chi connectivity index (χ2n) is 12.5. The first-order valence-electron chi connectivity index (χ1n) is 14.8. The van der Waals surface area contributed by atoms with Crippen LogP contribution in [-0.2, 0) is 28.7 Å². The molecule has 42 heavy (non-hydrogen) atoms. The van der Waals surface area contributed by atoms with Crippen LogP contribution in [0.15, 0.2) is 54.6 Å². The fourth-order valence-electron chi connectivity index (χ4n) is 6.76. The maximum absolute atomic E-state index is 14.4. The van der Waals surface area contributed by atoms with Crippen LogP contribution in [0.4, 0.5) is 0 Å². The number of aliphatic hydroxyl groups is 1. The Morgan fingerprint density at radius 1 is 1.10 bits per heavy atom. The lowest BCUT2D eigenvalue weighted by atomic mass is 9.77. The van der Waals surface area contributed by atoms with Crippen molar-refractivity contribution in [2.24, 2.45) is 11.8 Å². The summed E-state index contributed by atoms with van der Waals surface area (Å²) in [4.78, 5) is 58.6. The molecule has 1 aromatic carbocycles. The highest BCUT2D eigenvalue weighted by Crippen LogP contribution is 2.54. The van der Waals surface area contributed by atoms with Gasteiger partial charge in [-0.15, -0.1) is 0 Å². The number of allylic oxidation sites excluding steroid dienone is 1. The molecule has 2 N–H and O–H groups in total. The Labute approximate surface area is 246 Å². The summed E-state index contributed by atoms with van der Waals surface area (Å²) in [6.45, 7) is 7.71. The molecule has 1 aromatic rings. The Bertz CT molecular complexity index is 1270. The molecule has 0 aliphatic carbocycles. The lowest BCUT2D eigenvalue weighted by Crippen LogP contribution is -2.60. The average Bonchev–Trinajstić information content (AvgIpc) is 3.34. The van der Waals surface area contributed by atoms with Gasteiger partial charge in [-0.05, 0) is 39.2 Å². The van der Waals surface area contributed by atoms with Gasteiger partial charge in [-0.3, -0.25) is 19.2 Å². The van der Waals surface area contributed by atoms with Crippen LogP contribution in [0.25, 0.3) is 0 Å². The van der Waals surface area contributed by atoms with E-state index in [0.717, 1.165) is 0 Å². The first-order valence-corrected chi connectivity index (χ1v) is 14.8. The molecule has 2 saturated heterocycles. The molecule has 0 saturated carbocycles. The Hall–Kier alpha value is -3.50. The number of cyclic esters (lactones) is 1.